The Morgan fingerprint density at radius 3 is 2.76 bits per heavy atom. The maximum absolute atomic E-state index is 11.6. The van der Waals surface area contributed by atoms with Crippen LogP contribution >= 0.6 is 0 Å². The number of nitrogens with zero attached hydrogens (tertiary/aromatic N) is 2. The van der Waals surface area contributed by atoms with Gasteiger partial charge < -0.3 is 15.2 Å². The van der Waals surface area contributed by atoms with Gasteiger partial charge in [-0.2, -0.15) is 0 Å². The third kappa shape index (κ3) is 6.83. The first-order valence-electron chi connectivity index (χ1n) is 8.92. The maximum Gasteiger partial charge on any atom is 0.250 e. The molecule has 0 aliphatic heterocycles. The molecule has 0 bridgehead atoms. The summed E-state index contributed by atoms with van der Waals surface area (Å²) in [6.45, 7) is 7.23. The van der Waals surface area contributed by atoms with Gasteiger partial charge in [-0.05, 0) is 38.3 Å². The van der Waals surface area contributed by atoms with Crippen LogP contribution in [0.4, 0.5) is 0 Å². The van der Waals surface area contributed by atoms with Gasteiger partial charge in [0.05, 0.1) is 6.54 Å². The number of guanidine groups is 1. The quantitative estimate of drug-likeness (QED) is 0.441. The molecular weight excluding hydrogens is 312 g/mol. The fourth-order valence-electron chi connectivity index (χ4n) is 2.58. The second-order valence-corrected chi connectivity index (χ2v) is 6.05. The van der Waals surface area contributed by atoms with Crippen molar-refractivity contribution in [3.05, 3.63) is 70.1 Å². The van der Waals surface area contributed by atoms with Crippen LogP contribution < -0.4 is 16.2 Å². The van der Waals surface area contributed by atoms with Gasteiger partial charge in [0.25, 0.3) is 0 Å². The predicted octanol–water partition coefficient (Wildman–Crippen LogP) is 2.69. The Morgan fingerprint density at radius 1 is 1.12 bits per heavy atom. The Morgan fingerprint density at radius 2 is 2.00 bits per heavy atom. The van der Waals surface area contributed by atoms with E-state index in [9.17, 15) is 4.79 Å². The number of aryl methyl sites for hydroxylation is 2. The highest BCUT2D eigenvalue weighted by Gasteiger charge is 1.99. The Hall–Kier alpha value is -2.56. The average molecular weight is 340 g/mol. The van der Waals surface area contributed by atoms with Gasteiger partial charge in [-0.1, -0.05) is 35.9 Å². The van der Waals surface area contributed by atoms with Gasteiger partial charge in [0.1, 0.15) is 0 Å². The third-order valence-corrected chi connectivity index (χ3v) is 3.86. The van der Waals surface area contributed by atoms with Crippen molar-refractivity contribution in [1.29, 1.82) is 0 Å². The normalized spacial score (nSPS) is 11.4. The Balaban J connectivity index is 1.76. The minimum atomic E-state index is 0.0588. The molecule has 0 saturated heterocycles. The molecule has 1 heterocycles. The highest BCUT2D eigenvalue weighted by atomic mass is 16.1. The van der Waals surface area contributed by atoms with Gasteiger partial charge in [-0.3, -0.25) is 4.79 Å². The summed E-state index contributed by atoms with van der Waals surface area (Å²) in [5.41, 5.74) is 2.52. The fourth-order valence-corrected chi connectivity index (χ4v) is 2.58. The molecule has 0 amide bonds. The minimum Gasteiger partial charge on any atom is -0.357 e. The predicted molar refractivity (Wildman–Crippen MR) is 104 cm³/mol. The van der Waals surface area contributed by atoms with Gasteiger partial charge in [-0.25, -0.2) is 4.99 Å². The van der Waals surface area contributed by atoms with Crippen LogP contribution in [0.2, 0.25) is 0 Å². The molecule has 0 aliphatic carbocycles. The van der Waals surface area contributed by atoms with E-state index in [4.69, 9.17) is 0 Å². The van der Waals surface area contributed by atoms with E-state index in [0.717, 1.165) is 38.4 Å². The van der Waals surface area contributed by atoms with Gasteiger partial charge in [-0.15, -0.1) is 0 Å². The molecule has 0 saturated carbocycles. The lowest BCUT2D eigenvalue weighted by molar-refractivity contribution is 0.585. The van der Waals surface area contributed by atoms with E-state index in [1.54, 1.807) is 16.7 Å². The van der Waals surface area contributed by atoms with Crippen LogP contribution in [-0.4, -0.2) is 23.6 Å². The molecule has 2 rings (SSSR count). The van der Waals surface area contributed by atoms with E-state index in [0.29, 0.717) is 6.54 Å². The van der Waals surface area contributed by atoms with Crippen LogP contribution in [0.25, 0.3) is 0 Å². The first-order valence-corrected chi connectivity index (χ1v) is 8.92. The summed E-state index contributed by atoms with van der Waals surface area (Å²) in [6, 6.07) is 13.7. The molecule has 1 aromatic heterocycles. The summed E-state index contributed by atoms with van der Waals surface area (Å²) in [7, 11) is 0. The molecule has 0 fully saturated rings. The van der Waals surface area contributed by atoms with Crippen LogP contribution in [0, 0.1) is 6.92 Å². The molecule has 5 nitrogen and oxygen atoms in total. The SMILES string of the molecule is CCNC(=NCc1cccc(C)c1)NCCCCn1ccccc1=O. The molecule has 0 unspecified atom stereocenters. The number of aliphatic imine (C=N–C) groups is 1. The topological polar surface area (TPSA) is 58.4 Å². The second kappa shape index (κ2) is 10.3. The molecule has 0 radical (unpaired) electrons. The molecule has 0 aliphatic rings. The number of rotatable bonds is 8. The number of aromatic nitrogens is 1. The highest BCUT2D eigenvalue weighted by molar-refractivity contribution is 5.79. The summed E-state index contributed by atoms with van der Waals surface area (Å²) in [5, 5.41) is 6.63. The first-order chi connectivity index (χ1) is 12.2. The Labute approximate surface area is 149 Å². The Bertz CT molecular complexity index is 736. The molecule has 0 spiro atoms. The lowest BCUT2D eigenvalue weighted by Crippen LogP contribution is -2.37. The van der Waals surface area contributed by atoms with Crippen molar-refractivity contribution >= 4 is 5.96 Å². The van der Waals surface area contributed by atoms with Crippen molar-refractivity contribution in [2.75, 3.05) is 13.1 Å². The summed E-state index contributed by atoms with van der Waals surface area (Å²) in [5.74, 6) is 0.834. The van der Waals surface area contributed by atoms with E-state index in [1.165, 1.54) is 11.1 Å². The van der Waals surface area contributed by atoms with E-state index in [2.05, 4.69) is 53.7 Å². The van der Waals surface area contributed by atoms with E-state index < -0.39 is 0 Å². The standard InChI is InChI=1S/C20H28N4O/c1-3-21-20(23-16-18-10-8-9-17(2)15-18)22-12-5-7-14-24-13-6-4-11-19(24)25/h4,6,8-11,13,15H,3,5,7,12,14,16H2,1-2H3,(H2,21,22,23). The number of hydrogen-bond acceptors (Lipinski definition) is 2. The zero-order chi connectivity index (χ0) is 17.9. The van der Waals surface area contributed by atoms with Gasteiger partial charge in [0, 0.05) is 31.9 Å². The average Bonchev–Trinajstić information content (AvgIpc) is 2.61. The molecule has 25 heavy (non-hydrogen) atoms. The molecule has 134 valence electrons. The lowest BCUT2D eigenvalue weighted by Gasteiger charge is -2.11. The van der Waals surface area contributed by atoms with Crippen molar-refractivity contribution in [1.82, 2.24) is 15.2 Å². The zero-order valence-electron chi connectivity index (χ0n) is 15.2. The van der Waals surface area contributed by atoms with Crippen LogP contribution in [0.1, 0.15) is 30.9 Å². The van der Waals surface area contributed by atoms with Crippen LogP contribution in [0.5, 0.6) is 0 Å². The number of nitrogens with one attached hydrogen (secondary N) is 2. The summed E-state index contributed by atoms with van der Waals surface area (Å²) >= 11 is 0. The van der Waals surface area contributed by atoms with Gasteiger partial charge in [0.15, 0.2) is 5.96 Å². The minimum absolute atomic E-state index is 0.0588. The highest BCUT2D eigenvalue weighted by Crippen LogP contribution is 2.05. The van der Waals surface area contributed by atoms with Gasteiger partial charge >= 0.3 is 0 Å². The van der Waals surface area contributed by atoms with E-state index >= 15 is 0 Å². The number of pyridine rings is 1. The van der Waals surface area contributed by atoms with Crippen LogP contribution in [-0.2, 0) is 13.1 Å². The number of unbranched alkanes of at least 4 members (excludes halogenated alkanes) is 1. The first kappa shape index (κ1) is 18.8. The van der Waals surface area contributed by atoms with Crippen molar-refractivity contribution < 1.29 is 0 Å². The zero-order valence-corrected chi connectivity index (χ0v) is 15.2. The molecule has 1 aromatic carbocycles. The van der Waals surface area contributed by atoms with Crippen LogP contribution in [0.3, 0.4) is 0 Å². The largest absolute Gasteiger partial charge is 0.357 e. The van der Waals surface area contributed by atoms with E-state index in [1.807, 2.05) is 12.3 Å². The fraction of sp³-hybridized carbons (Fsp3) is 0.400. The molecule has 2 aromatic rings. The summed E-state index contributed by atoms with van der Waals surface area (Å²) < 4.78 is 1.75. The smallest absolute Gasteiger partial charge is 0.250 e. The van der Waals surface area contributed by atoms with Crippen molar-refractivity contribution in [3.8, 4) is 0 Å². The van der Waals surface area contributed by atoms with Gasteiger partial charge in [0.2, 0.25) is 5.56 Å². The molecule has 0 atom stereocenters. The number of hydrogen-bond donors (Lipinski definition) is 2. The van der Waals surface area contributed by atoms with E-state index in [-0.39, 0.29) is 5.56 Å². The summed E-state index contributed by atoms with van der Waals surface area (Å²) in [6.07, 6.45) is 3.77. The number of benzene rings is 1. The monoisotopic (exact) mass is 340 g/mol. The van der Waals surface area contributed by atoms with Crippen LogP contribution in [0.15, 0.2) is 58.4 Å². The molecule has 5 heteroatoms. The maximum atomic E-state index is 11.6. The second-order valence-electron chi connectivity index (χ2n) is 6.05. The van der Waals surface area contributed by atoms with Crippen molar-refractivity contribution in [2.45, 2.75) is 39.8 Å². The molecule has 2 N–H and O–H groups in total. The third-order valence-electron chi connectivity index (χ3n) is 3.86. The summed E-state index contributed by atoms with van der Waals surface area (Å²) in [4.78, 5) is 16.3. The molecular formula is C20H28N4O. The Kier molecular flexibility index (Phi) is 7.76. The lowest BCUT2D eigenvalue weighted by atomic mass is 10.1. The van der Waals surface area contributed by atoms with Crippen molar-refractivity contribution in [3.63, 3.8) is 0 Å². The van der Waals surface area contributed by atoms with Crippen molar-refractivity contribution in [2.24, 2.45) is 4.99 Å².